The van der Waals surface area contributed by atoms with Gasteiger partial charge in [-0.1, -0.05) is 36.4 Å². The first-order valence-electron chi connectivity index (χ1n) is 21.1. The average Bonchev–Trinajstić information content (AvgIpc) is 3.26. The summed E-state index contributed by atoms with van der Waals surface area (Å²) in [7, 11) is 0. The number of primary amides is 4. The SMILES string of the molecule is C[C@H](NC(=O)[C@H](CCCCN)NC(=O)[C@H](CC(N)=O)NC(=O)c1ccccc1CSC[C@H](NC(=O)[C@H](CCCCN)NC(=O)[C@H](CC(N)=O)NC(=O)c1ccccc1CS)C(N)=O)C(N)=O. The van der Waals surface area contributed by atoms with E-state index in [1.54, 1.807) is 36.4 Å². The Labute approximate surface area is 392 Å². The molecule has 22 nitrogen and oxygen atoms in total. The van der Waals surface area contributed by atoms with Gasteiger partial charge < -0.3 is 66.3 Å². The summed E-state index contributed by atoms with van der Waals surface area (Å²) in [6.45, 7) is 1.95. The number of thioether (sulfide) groups is 1. The molecule has 0 fully saturated rings. The molecule has 18 N–H and O–H groups in total. The summed E-state index contributed by atoms with van der Waals surface area (Å²) in [6, 6.07) is 4.95. The van der Waals surface area contributed by atoms with Gasteiger partial charge in [-0.2, -0.15) is 24.4 Å². The maximum Gasteiger partial charge on any atom is 0.252 e. The van der Waals surface area contributed by atoms with E-state index < -0.39 is 108 Å². The van der Waals surface area contributed by atoms with Gasteiger partial charge in [0.15, 0.2) is 0 Å². The molecule has 0 aliphatic heterocycles. The molecule has 2 rings (SSSR count). The van der Waals surface area contributed by atoms with Gasteiger partial charge in [0.2, 0.25) is 47.3 Å². The lowest BCUT2D eigenvalue weighted by Gasteiger charge is -2.25. The van der Waals surface area contributed by atoms with Crippen LogP contribution in [0.5, 0.6) is 0 Å². The van der Waals surface area contributed by atoms with Crippen LogP contribution in [0.4, 0.5) is 0 Å². The van der Waals surface area contributed by atoms with Crippen LogP contribution in [0.15, 0.2) is 48.5 Å². The monoisotopic (exact) mass is 958 g/mol. The smallest absolute Gasteiger partial charge is 0.252 e. The molecule has 0 radical (unpaired) electrons. The molecule has 2 aromatic carbocycles. The van der Waals surface area contributed by atoms with Gasteiger partial charge in [0, 0.05) is 28.4 Å². The van der Waals surface area contributed by atoms with E-state index in [9.17, 15) is 47.9 Å². The maximum atomic E-state index is 13.7. The Hall–Kier alpha value is -6.24. The maximum absolute atomic E-state index is 13.7. The van der Waals surface area contributed by atoms with Gasteiger partial charge in [-0.3, -0.25) is 47.9 Å². The van der Waals surface area contributed by atoms with Crippen LogP contribution in [0.2, 0.25) is 0 Å². The van der Waals surface area contributed by atoms with Crippen molar-refractivity contribution in [2.75, 3.05) is 18.8 Å². The van der Waals surface area contributed by atoms with Crippen molar-refractivity contribution in [1.29, 1.82) is 0 Å². The van der Waals surface area contributed by atoms with Crippen LogP contribution < -0.4 is 66.3 Å². The quantitative estimate of drug-likeness (QED) is 0.0268. The first-order valence-corrected chi connectivity index (χ1v) is 22.8. The molecule has 0 unspecified atom stereocenters. The molecule has 0 heterocycles. The lowest BCUT2D eigenvalue weighted by atomic mass is 10.0. The summed E-state index contributed by atoms with van der Waals surface area (Å²) in [5.41, 5.74) is 34.3. The number of carbonyl (C=O) groups is 10. The summed E-state index contributed by atoms with van der Waals surface area (Å²) < 4.78 is 0. The van der Waals surface area contributed by atoms with Crippen molar-refractivity contribution >= 4 is 83.5 Å². The highest BCUT2D eigenvalue weighted by Gasteiger charge is 2.32. The van der Waals surface area contributed by atoms with Crippen molar-refractivity contribution in [3.63, 3.8) is 0 Å². The summed E-state index contributed by atoms with van der Waals surface area (Å²) in [5, 5.41) is 15.0. The van der Waals surface area contributed by atoms with Gasteiger partial charge >= 0.3 is 0 Å². The Kier molecular flexibility index (Phi) is 24.8. The fraction of sp³-hybridized carbons (Fsp3) is 0.476. The van der Waals surface area contributed by atoms with Crippen LogP contribution in [0, 0.1) is 0 Å². The van der Waals surface area contributed by atoms with Gasteiger partial charge in [-0.25, -0.2) is 0 Å². The Balaban J connectivity index is 2.23. The zero-order valence-electron chi connectivity index (χ0n) is 36.7. The fourth-order valence-corrected chi connectivity index (χ4v) is 7.60. The predicted octanol–water partition coefficient (Wildman–Crippen LogP) is -2.81. The number of hydrogen-bond donors (Lipinski definition) is 13. The number of carbonyl (C=O) groups excluding carboxylic acids is 10. The van der Waals surface area contributed by atoms with E-state index in [-0.39, 0.29) is 47.8 Å². The third-order valence-electron chi connectivity index (χ3n) is 9.90. The zero-order valence-corrected chi connectivity index (χ0v) is 38.4. The topological polar surface area (TPSA) is 399 Å². The first kappa shape index (κ1) is 55.9. The highest BCUT2D eigenvalue weighted by molar-refractivity contribution is 7.98. The molecule has 66 heavy (non-hydrogen) atoms. The predicted molar refractivity (Wildman–Crippen MR) is 249 cm³/mol. The minimum Gasteiger partial charge on any atom is -0.370 e. The van der Waals surface area contributed by atoms with E-state index in [2.05, 4.69) is 44.5 Å². The number of thiol groups is 1. The van der Waals surface area contributed by atoms with E-state index in [1.807, 2.05) is 0 Å². The van der Waals surface area contributed by atoms with Crippen molar-refractivity contribution in [3.05, 3.63) is 70.8 Å². The van der Waals surface area contributed by atoms with E-state index in [0.717, 1.165) is 11.8 Å². The van der Waals surface area contributed by atoms with E-state index in [1.165, 1.54) is 19.1 Å². The second-order valence-electron chi connectivity index (χ2n) is 15.2. The highest BCUT2D eigenvalue weighted by atomic mass is 32.2. The van der Waals surface area contributed by atoms with Crippen LogP contribution in [-0.2, 0) is 49.9 Å². The highest BCUT2D eigenvalue weighted by Crippen LogP contribution is 2.19. The molecule has 2 aromatic rings. The standard InChI is InChI=1S/C42H62N12O10S2/c1-23(35(47)57)49-39(61)28(14-6-8-16-43)50-41(63)31(19-34(46)56)53-38(60)27-13-5-3-11-25(27)21-66-22-32(36(48)58)54-40(62)29(15-7-9-17-44)51-42(64)30(18-33(45)55)52-37(59)26-12-4-2-10-24(26)20-65/h2-5,10-13,23,28-32,65H,6-9,14-22,43-44H2,1H3,(H2,45,55)(H2,46,56)(H2,47,57)(H2,48,58)(H,49,61)(H,50,63)(H,51,64)(H,52,59)(H,53,60)(H,54,62)/t23-,28-,29-,30-,31-,32-/m0/s1. The van der Waals surface area contributed by atoms with Crippen molar-refractivity contribution in [2.45, 2.75) is 106 Å². The second-order valence-corrected chi connectivity index (χ2v) is 16.5. The Bertz CT molecular complexity index is 2040. The summed E-state index contributed by atoms with van der Waals surface area (Å²) in [4.78, 5) is 129. The van der Waals surface area contributed by atoms with Crippen LogP contribution in [0.1, 0.15) is 90.1 Å². The van der Waals surface area contributed by atoms with Gasteiger partial charge in [-0.15, -0.1) is 0 Å². The van der Waals surface area contributed by atoms with Crippen LogP contribution >= 0.6 is 24.4 Å². The summed E-state index contributed by atoms with van der Waals surface area (Å²) in [6.07, 6.45) is 0.707. The number of nitrogens with one attached hydrogen (secondary N) is 6. The van der Waals surface area contributed by atoms with Crippen LogP contribution in [0.3, 0.4) is 0 Å². The molecule has 0 aliphatic carbocycles. The van der Waals surface area contributed by atoms with Crippen molar-refractivity contribution < 1.29 is 47.9 Å². The van der Waals surface area contributed by atoms with E-state index >= 15 is 0 Å². The zero-order chi connectivity index (χ0) is 49.3. The Morgan fingerprint density at radius 2 is 0.939 bits per heavy atom. The molecule has 362 valence electrons. The number of rotatable bonds is 31. The molecule has 0 saturated heterocycles. The lowest BCUT2D eigenvalue weighted by Crippen LogP contribution is -2.57. The molecular weight excluding hydrogens is 897 g/mol. The molecular formula is C42H62N12O10S2. The van der Waals surface area contributed by atoms with E-state index in [4.69, 9.17) is 34.4 Å². The Morgan fingerprint density at radius 1 is 0.530 bits per heavy atom. The average molecular weight is 959 g/mol. The van der Waals surface area contributed by atoms with Gasteiger partial charge in [-0.05, 0) is 81.8 Å². The van der Waals surface area contributed by atoms with Gasteiger partial charge in [0.25, 0.3) is 11.8 Å². The molecule has 6 atom stereocenters. The minimum atomic E-state index is -1.53. The molecule has 0 aromatic heterocycles. The third kappa shape index (κ3) is 19.5. The molecule has 0 aliphatic rings. The largest absolute Gasteiger partial charge is 0.370 e. The van der Waals surface area contributed by atoms with Gasteiger partial charge in [0.05, 0.1) is 12.8 Å². The third-order valence-corrected chi connectivity index (χ3v) is 11.3. The molecule has 10 amide bonds. The molecule has 0 saturated carbocycles. The summed E-state index contributed by atoms with van der Waals surface area (Å²) >= 11 is 5.34. The fourth-order valence-electron chi connectivity index (χ4n) is 6.25. The van der Waals surface area contributed by atoms with Crippen LogP contribution in [-0.4, -0.2) is 114 Å². The number of hydrogen-bond acceptors (Lipinski definition) is 14. The normalized spacial score (nSPS) is 13.6. The Morgan fingerprint density at radius 3 is 1.36 bits per heavy atom. The molecule has 0 spiro atoms. The number of benzene rings is 2. The van der Waals surface area contributed by atoms with Crippen molar-refractivity contribution in [1.82, 2.24) is 31.9 Å². The van der Waals surface area contributed by atoms with Crippen LogP contribution in [0.25, 0.3) is 0 Å². The summed E-state index contributed by atoms with van der Waals surface area (Å²) in [5.74, 6) is -8.18. The lowest BCUT2D eigenvalue weighted by molar-refractivity contribution is -0.132. The molecule has 24 heteroatoms. The number of unbranched alkanes of at least 4 members (excludes halogenated alkanes) is 2. The van der Waals surface area contributed by atoms with Crippen molar-refractivity contribution in [3.8, 4) is 0 Å². The second kappa shape index (κ2) is 29.3. The number of amides is 10. The van der Waals surface area contributed by atoms with Gasteiger partial charge in [0.1, 0.15) is 36.3 Å². The molecule has 0 bridgehead atoms. The number of nitrogens with two attached hydrogens (primary N) is 6. The van der Waals surface area contributed by atoms with E-state index in [0.29, 0.717) is 43.4 Å². The minimum absolute atomic E-state index is 0.0566. The first-order chi connectivity index (χ1) is 31.3. The van der Waals surface area contributed by atoms with Crippen molar-refractivity contribution in [2.24, 2.45) is 34.4 Å².